The summed E-state index contributed by atoms with van der Waals surface area (Å²) in [6, 6.07) is 4.05. The normalized spacial score (nSPS) is 12.4. The largest absolute Gasteiger partial charge is 0.342 e. The van der Waals surface area contributed by atoms with Crippen molar-refractivity contribution in [1.29, 1.82) is 0 Å². The van der Waals surface area contributed by atoms with E-state index in [0.717, 1.165) is 35.5 Å². The van der Waals surface area contributed by atoms with Crippen molar-refractivity contribution in [2.75, 3.05) is 13.1 Å². The molecule has 5 nitrogen and oxygen atoms in total. The van der Waals surface area contributed by atoms with Crippen molar-refractivity contribution >= 4 is 29.0 Å². The van der Waals surface area contributed by atoms with E-state index in [9.17, 15) is 4.79 Å². The summed E-state index contributed by atoms with van der Waals surface area (Å²) in [7, 11) is 0. The van der Waals surface area contributed by atoms with Crippen molar-refractivity contribution < 1.29 is 4.79 Å². The predicted molar refractivity (Wildman–Crippen MR) is 92.3 cm³/mol. The summed E-state index contributed by atoms with van der Waals surface area (Å²) in [6.07, 6.45) is 0. The average molecular weight is 339 g/mol. The molecule has 2 heterocycles. The van der Waals surface area contributed by atoms with Crippen LogP contribution in [0.25, 0.3) is 10.7 Å². The molecule has 0 radical (unpaired) electrons. The van der Waals surface area contributed by atoms with Gasteiger partial charge in [0.05, 0.1) is 10.1 Å². The predicted octanol–water partition coefficient (Wildman–Crippen LogP) is 3.38. The number of thioether (sulfide) groups is 1. The van der Waals surface area contributed by atoms with E-state index in [-0.39, 0.29) is 11.2 Å². The molecule has 0 saturated carbocycles. The number of thiophene rings is 1. The molecule has 2 rings (SSSR count). The zero-order chi connectivity index (χ0) is 16.1. The molecule has 0 bridgehead atoms. The minimum absolute atomic E-state index is 0.151. The SMILES string of the molecule is CCN(CC)C(=O)C(C)Sc1nnc(-c2cccs2)n1CC. The maximum Gasteiger partial charge on any atom is 0.235 e. The minimum Gasteiger partial charge on any atom is -0.342 e. The van der Waals surface area contributed by atoms with Crippen LogP contribution in [0.4, 0.5) is 0 Å². The maximum atomic E-state index is 12.4. The fourth-order valence-electron chi connectivity index (χ4n) is 2.25. The lowest BCUT2D eigenvalue weighted by Crippen LogP contribution is -2.36. The van der Waals surface area contributed by atoms with Gasteiger partial charge in [0.1, 0.15) is 0 Å². The first-order valence-corrected chi connectivity index (χ1v) is 9.30. The summed E-state index contributed by atoms with van der Waals surface area (Å²) < 4.78 is 2.07. The Balaban J connectivity index is 2.18. The molecule has 1 amide bonds. The van der Waals surface area contributed by atoms with Crippen LogP contribution < -0.4 is 0 Å². The second kappa shape index (κ2) is 7.78. The number of carbonyl (C=O) groups is 1. The van der Waals surface area contributed by atoms with Gasteiger partial charge in [-0.25, -0.2) is 0 Å². The first kappa shape index (κ1) is 17.0. The van der Waals surface area contributed by atoms with Crippen LogP contribution >= 0.6 is 23.1 Å². The highest BCUT2D eigenvalue weighted by Gasteiger charge is 2.23. The van der Waals surface area contributed by atoms with Crippen molar-refractivity contribution in [3.63, 3.8) is 0 Å². The molecule has 1 unspecified atom stereocenters. The van der Waals surface area contributed by atoms with Crippen molar-refractivity contribution in [2.45, 2.75) is 44.6 Å². The van der Waals surface area contributed by atoms with E-state index in [1.54, 1.807) is 11.3 Å². The van der Waals surface area contributed by atoms with Crippen LogP contribution in [0.1, 0.15) is 27.7 Å². The molecule has 0 aromatic carbocycles. The third kappa shape index (κ3) is 3.52. The molecule has 2 aromatic heterocycles. The molecule has 7 heteroatoms. The monoisotopic (exact) mass is 338 g/mol. The third-order valence-electron chi connectivity index (χ3n) is 3.48. The number of amides is 1. The number of rotatable bonds is 7. The Morgan fingerprint density at radius 3 is 2.64 bits per heavy atom. The summed E-state index contributed by atoms with van der Waals surface area (Å²) in [6.45, 7) is 10.3. The molecule has 0 aliphatic carbocycles. The van der Waals surface area contributed by atoms with E-state index >= 15 is 0 Å². The van der Waals surface area contributed by atoms with E-state index in [4.69, 9.17) is 0 Å². The fourth-order valence-corrected chi connectivity index (χ4v) is 3.96. The molecular weight excluding hydrogens is 316 g/mol. The van der Waals surface area contributed by atoms with Gasteiger partial charge in [-0.2, -0.15) is 0 Å². The quantitative estimate of drug-likeness (QED) is 0.726. The third-order valence-corrected chi connectivity index (χ3v) is 5.41. The van der Waals surface area contributed by atoms with Crippen LogP contribution in [0.3, 0.4) is 0 Å². The standard InChI is InChI=1S/C15H22N4OS2/c1-5-18(6-2)14(20)11(4)22-15-17-16-13(19(15)7-3)12-9-8-10-21-12/h8-11H,5-7H2,1-4H3. The Morgan fingerprint density at radius 1 is 1.36 bits per heavy atom. The van der Waals surface area contributed by atoms with E-state index < -0.39 is 0 Å². The van der Waals surface area contributed by atoms with Crippen LogP contribution in [-0.2, 0) is 11.3 Å². The first-order chi connectivity index (χ1) is 10.6. The Kier molecular flexibility index (Phi) is 6.02. The summed E-state index contributed by atoms with van der Waals surface area (Å²) in [5, 5.41) is 11.3. The number of carbonyl (C=O) groups excluding carboxylic acids is 1. The average Bonchev–Trinajstić information content (AvgIpc) is 3.16. The van der Waals surface area contributed by atoms with Crippen LogP contribution in [0, 0.1) is 0 Å². The number of hydrogen-bond acceptors (Lipinski definition) is 5. The zero-order valence-corrected chi connectivity index (χ0v) is 15.1. The highest BCUT2D eigenvalue weighted by atomic mass is 32.2. The van der Waals surface area contributed by atoms with Crippen molar-refractivity contribution in [1.82, 2.24) is 19.7 Å². The number of hydrogen-bond donors (Lipinski definition) is 0. The summed E-state index contributed by atoms with van der Waals surface area (Å²) in [5.74, 6) is 1.03. The highest BCUT2D eigenvalue weighted by Crippen LogP contribution is 2.29. The van der Waals surface area contributed by atoms with Gasteiger partial charge in [0.15, 0.2) is 11.0 Å². The highest BCUT2D eigenvalue weighted by molar-refractivity contribution is 8.00. The fraction of sp³-hybridized carbons (Fsp3) is 0.533. The molecule has 0 aliphatic heterocycles. The Bertz CT molecular complexity index is 605. The molecule has 0 N–H and O–H groups in total. The van der Waals surface area contributed by atoms with Crippen LogP contribution in [0.5, 0.6) is 0 Å². The molecule has 0 saturated heterocycles. The van der Waals surface area contributed by atoms with Gasteiger partial charge in [-0.15, -0.1) is 21.5 Å². The van der Waals surface area contributed by atoms with E-state index in [1.165, 1.54) is 11.8 Å². The molecule has 2 aromatic rings. The molecular formula is C15H22N4OS2. The van der Waals surface area contributed by atoms with Crippen molar-refractivity contribution in [3.8, 4) is 10.7 Å². The van der Waals surface area contributed by atoms with Crippen molar-refractivity contribution in [3.05, 3.63) is 17.5 Å². The molecule has 120 valence electrons. The molecule has 0 spiro atoms. The summed E-state index contributed by atoms with van der Waals surface area (Å²) in [5.41, 5.74) is 0. The van der Waals surface area contributed by atoms with Crippen LogP contribution in [0.15, 0.2) is 22.7 Å². The summed E-state index contributed by atoms with van der Waals surface area (Å²) in [4.78, 5) is 15.3. The van der Waals surface area contributed by atoms with Gasteiger partial charge >= 0.3 is 0 Å². The van der Waals surface area contributed by atoms with E-state index in [0.29, 0.717) is 0 Å². The smallest absolute Gasteiger partial charge is 0.235 e. The van der Waals surface area contributed by atoms with Gasteiger partial charge in [-0.1, -0.05) is 17.8 Å². The van der Waals surface area contributed by atoms with E-state index in [1.807, 2.05) is 43.2 Å². The van der Waals surface area contributed by atoms with Gasteiger partial charge in [0.2, 0.25) is 5.91 Å². The zero-order valence-electron chi connectivity index (χ0n) is 13.4. The Labute approximate surface area is 139 Å². The maximum absolute atomic E-state index is 12.4. The number of nitrogens with zero attached hydrogens (tertiary/aromatic N) is 4. The van der Waals surface area contributed by atoms with Gasteiger partial charge in [0, 0.05) is 19.6 Å². The summed E-state index contributed by atoms with van der Waals surface area (Å²) >= 11 is 3.13. The van der Waals surface area contributed by atoms with Gasteiger partial charge in [0.25, 0.3) is 0 Å². The topological polar surface area (TPSA) is 51.0 Å². The lowest BCUT2D eigenvalue weighted by Gasteiger charge is -2.22. The lowest BCUT2D eigenvalue weighted by molar-refractivity contribution is -0.129. The van der Waals surface area contributed by atoms with Crippen LogP contribution in [-0.4, -0.2) is 43.9 Å². The Hall–Kier alpha value is -1.34. The van der Waals surface area contributed by atoms with Crippen LogP contribution in [0.2, 0.25) is 0 Å². The molecule has 0 aliphatic rings. The number of aromatic nitrogens is 3. The molecule has 1 atom stereocenters. The lowest BCUT2D eigenvalue weighted by atomic mass is 10.4. The Morgan fingerprint density at radius 2 is 2.09 bits per heavy atom. The van der Waals surface area contributed by atoms with E-state index in [2.05, 4.69) is 21.7 Å². The van der Waals surface area contributed by atoms with Gasteiger partial charge in [-0.05, 0) is 39.1 Å². The first-order valence-electron chi connectivity index (χ1n) is 7.54. The second-order valence-corrected chi connectivity index (χ2v) is 7.05. The van der Waals surface area contributed by atoms with Crippen molar-refractivity contribution in [2.24, 2.45) is 0 Å². The minimum atomic E-state index is -0.161. The molecule has 0 fully saturated rings. The van der Waals surface area contributed by atoms with Gasteiger partial charge in [-0.3, -0.25) is 4.79 Å². The second-order valence-electron chi connectivity index (χ2n) is 4.80. The molecule has 22 heavy (non-hydrogen) atoms. The van der Waals surface area contributed by atoms with Gasteiger partial charge < -0.3 is 9.47 Å².